The number of hydrogen-bond donors (Lipinski definition) is 1. The van der Waals surface area contributed by atoms with Crippen molar-refractivity contribution in [2.75, 3.05) is 32.8 Å². The van der Waals surface area contributed by atoms with Crippen molar-refractivity contribution < 1.29 is 19.1 Å². The number of aliphatic hydroxyl groups is 1. The molecule has 1 fully saturated rings. The van der Waals surface area contributed by atoms with Crippen LogP contribution >= 0.6 is 11.6 Å². The van der Waals surface area contributed by atoms with E-state index in [1.807, 2.05) is 0 Å². The lowest BCUT2D eigenvalue weighted by molar-refractivity contribution is -0.135. The second-order valence-electron chi connectivity index (χ2n) is 4.46. The van der Waals surface area contributed by atoms with Gasteiger partial charge in [-0.2, -0.15) is 0 Å². The van der Waals surface area contributed by atoms with Crippen LogP contribution in [0, 0.1) is 5.82 Å². The number of benzene rings is 1. The summed E-state index contributed by atoms with van der Waals surface area (Å²) in [5, 5.41) is 8.74. The number of amides is 2. The Labute approximate surface area is 120 Å². The van der Waals surface area contributed by atoms with Crippen molar-refractivity contribution in [2.45, 2.75) is 0 Å². The third-order valence-corrected chi connectivity index (χ3v) is 3.53. The van der Waals surface area contributed by atoms with E-state index in [-0.39, 0.29) is 22.4 Å². The number of halogens is 2. The van der Waals surface area contributed by atoms with Gasteiger partial charge in [-0.25, -0.2) is 4.39 Å². The molecule has 108 valence electrons. The first-order valence-corrected chi connectivity index (χ1v) is 6.53. The number of hydrogen-bond acceptors (Lipinski definition) is 3. The second kappa shape index (κ2) is 6.19. The maximum absolute atomic E-state index is 13.3. The molecule has 2 rings (SSSR count). The summed E-state index contributed by atoms with van der Waals surface area (Å²) < 4.78 is 13.3. The van der Waals surface area contributed by atoms with Crippen LogP contribution in [0.3, 0.4) is 0 Å². The monoisotopic (exact) mass is 300 g/mol. The molecule has 7 heteroatoms. The second-order valence-corrected chi connectivity index (χ2v) is 4.87. The van der Waals surface area contributed by atoms with Gasteiger partial charge in [0, 0.05) is 31.7 Å². The highest BCUT2D eigenvalue weighted by molar-refractivity contribution is 6.30. The van der Waals surface area contributed by atoms with Crippen molar-refractivity contribution in [2.24, 2.45) is 0 Å². The first-order valence-electron chi connectivity index (χ1n) is 6.16. The van der Waals surface area contributed by atoms with E-state index in [9.17, 15) is 14.0 Å². The number of rotatable bonds is 2. The molecule has 1 heterocycles. The highest BCUT2D eigenvalue weighted by Crippen LogP contribution is 2.17. The lowest BCUT2D eigenvalue weighted by Gasteiger charge is -2.34. The highest BCUT2D eigenvalue weighted by atomic mass is 35.5. The summed E-state index contributed by atoms with van der Waals surface area (Å²) in [6.45, 7) is 0.905. The minimum atomic E-state index is -0.633. The Morgan fingerprint density at radius 3 is 2.35 bits per heavy atom. The predicted molar refractivity (Wildman–Crippen MR) is 71.0 cm³/mol. The summed E-state index contributed by atoms with van der Waals surface area (Å²) in [4.78, 5) is 26.5. The van der Waals surface area contributed by atoms with Gasteiger partial charge in [-0.15, -0.1) is 0 Å². The van der Waals surface area contributed by atoms with Gasteiger partial charge in [0.05, 0.1) is 5.02 Å². The number of piperazine rings is 1. The molecule has 20 heavy (non-hydrogen) atoms. The summed E-state index contributed by atoms with van der Waals surface area (Å²) in [5.74, 6) is -1.28. The smallest absolute Gasteiger partial charge is 0.254 e. The third kappa shape index (κ3) is 3.08. The highest BCUT2D eigenvalue weighted by Gasteiger charge is 2.24. The molecule has 2 amide bonds. The first-order chi connectivity index (χ1) is 9.52. The van der Waals surface area contributed by atoms with Crippen molar-refractivity contribution in [3.8, 4) is 0 Å². The van der Waals surface area contributed by atoms with Gasteiger partial charge in [0.15, 0.2) is 0 Å². The fraction of sp³-hybridized carbons (Fsp3) is 0.385. The van der Waals surface area contributed by atoms with Crippen molar-refractivity contribution in [1.29, 1.82) is 0 Å². The van der Waals surface area contributed by atoms with Crippen LogP contribution in [0.25, 0.3) is 0 Å². The predicted octanol–water partition coefficient (Wildman–Crippen LogP) is 0.756. The lowest BCUT2D eigenvalue weighted by atomic mass is 10.1. The van der Waals surface area contributed by atoms with Crippen molar-refractivity contribution in [3.05, 3.63) is 34.6 Å². The van der Waals surface area contributed by atoms with E-state index in [0.717, 1.165) is 6.07 Å². The molecule has 1 aliphatic rings. The molecular weight excluding hydrogens is 287 g/mol. The minimum absolute atomic E-state index is 0.0279. The Hall–Kier alpha value is -1.66. The van der Waals surface area contributed by atoms with Crippen LogP contribution in [-0.2, 0) is 4.79 Å². The van der Waals surface area contributed by atoms with Crippen LogP contribution in [0.1, 0.15) is 10.4 Å². The van der Waals surface area contributed by atoms with Gasteiger partial charge < -0.3 is 14.9 Å². The standard InChI is InChI=1S/C13H14ClFN2O3/c14-10-2-1-9(7-11(10)15)13(20)17-5-3-16(4-6-17)12(19)8-18/h1-2,7,18H,3-6,8H2. The Balaban J connectivity index is 2.01. The molecule has 5 nitrogen and oxygen atoms in total. The van der Waals surface area contributed by atoms with Gasteiger partial charge in [0.25, 0.3) is 5.91 Å². The van der Waals surface area contributed by atoms with Gasteiger partial charge in [0.1, 0.15) is 12.4 Å². The van der Waals surface area contributed by atoms with Crippen LogP contribution in [0.2, 0.25) is 5.02 Å². The van der Waals surface area contributed by atoms with Gasteiger partial charge in [-0.05, 0) is 18.2 Å². The molecule has 0 radical (unpaired) electrons. The van der Waals surface area contributed by atoms with Gasteiger partial charge in [0.2, 0.25) is 5.91 Å². The quantitative estimate of drug-likeness (QED) is 0.877. The molecule has 0 unspecified atom stereocenters. The molecular formula is C13H14ClFN2O3. The number of carbonyl (C=O) groups is 2. The van der Waals surface area contributed by atoms with E-state index >= 15 is 0 Å². The third-order valence-electron chi connectivity index (χ3n) is 3.22. The van der Waals surface area contributed by atoms with Crippen LogP contribution in [0.5, 0.6) is 0 Å². The maximum Gasteiger partial charge on any atom is 0.254 e. The molecule has 1 aromatic carbocycles. The molecule has 0 spiro atoms. The Bertz CT molecular complexity index is 530. The van der Waals surface area contributed by atoms with Crippen LogP contribution in [0.4, 0.5) is 4.39 Å². The topological polar surface area (TPSA) is 60.9 Å². The van der Waals surface area contributed by atoms with E-state index in [4.69, 9.17) is 16.7 Å². The van der Waals surface area contributed by atoms with E-state index in [2.05, 4.69) is 0 Å². The van der Waals surface area contributed by atoms with Crippen LogP contribution in [-0.4, -0.2) is 59.5 Å². The average molecular weight is 301 g/mol. The summed E-state index contributed by atoms with van der Waals surface area (Å²) in [6, 6.07) is 3.92. The first kappa shape index (κ1) is 14.7. The molecule has 0 atom stereocenters. The van der Waals surface area contributed by atoms with Gasteiger partial charge >= 0.3 is 0 Å². The van der Waals surface area contributed by atoms with E-state index in [1.165, 1.54) is 17.0 Å². The molecule has 0 aliphatic carbocycles. The zero-order valence-electron chi connectivity index (χ0n) is 10.7. The van der Waals surface area contributed by atoms with E-state index < -0.39 is 12.4 Å². The summed E-state index contributed by atoms with van der Waals surface area (Å²) in [6.07, 6.45) is 0. The molecule has 1 saturated heterocycles. The largest absolute Gasteiger partial charge is 0.387 e. The molecule has 1 N–H and O–H groups in total. The number of carbonyl (C=O) groups excluding carboxylic acids is 2. The normalized spacial score (nSPS) is 15.3. The zero-order valence-corrected chi connectivity index (χ0v) is 11.4. The SMILES string of the molecule is O=C(CO)N1CCN(C(=O)c2ccc(Cl)c(F)c2)CC1. The zero-order chi connectivity index (χ0) is 14.7. The maximum atomic E-state index is 13.3. The van der Waals surface area contributed by atoms with Gasteiger partial charge in [-0.3, -0.25) is 9.59 Å². The van der Waals surface area contributed by atoms with E-state index in [1.54, 1.807) is 4.90 Å². The molecule has 0 saturated carbocycles. The Kier molecular flexibility index (Phi) is 4.57. The summed E-state index contributed by atoms with van der Waals surface area (Å²) in [5.41, 5.74) is 0.230. The van der Waals surface area contributed by atoms with E-state index in [0.29, 0.717) is 26.2 Å². The molecule has 1 aliphatic heterocycles. The van der Waals surface area contributed by atoms with Crippen LogP contribution in [0.15, 0.2) is 18.2 Å². The minimum Gasteiger partial charge on any atom is -0.387 e. The summed E-state index contributed by atoms with van der Waals surface area (Å²) >= 11 is 5.57. The summed E-state index contributed by atoms with van der Waals surface area (Å²) in [7, 11) is 0. The lowest BCUT2D eigenvalue weighted by Crippen LogP contribution is -2.51. The fourth-order valence-electron chi connectivity index (χ4n) is 2.07. The average Bonchev–Trinajstić information content (AvgIpc) is 2.48. The molecule has 1 aromatic rings. The molecule has 0 aromatic heterocycles. The van der Waals surface area contributed by atoms with Crippen molar-refractivity contribution in [1.82, 2.24) is 9.80 Å². The Morgan fingerprint density at radius 2 is 1.80 bits per heavy atom. The van der Waals surface area contributed by atoms with Gasteiger partial charge in [-0.1, -0.05) is 11.6 Å². The molecule has 0 bridgehead atoms. The van der Waals surface area contributed by atoms with Crippen molar-refractivity contribution >= 4 is 23.4 Å². The number of aliphatic hydroxyl groups excluding tert-OH is 1. The fourth-order valence-corrected chi connectivity index (χ4v) is 2.19. The Morgan fingerprint density at radius 1 is 1.20 bits per heavy atom. The number of nitrogens with zero attached hydrogens (tertiary/aromatic N) is 2. The van der Waals surface area contributed by atoms with Crippen LogP contribution < -0.4 is 0 Å². The van der Waals surface area contributed by atoms with Crippen molar-refractivity contribution in [3.63, 3.8) is 0 Å².